The van der Waals surface area contributed by atoms with Crippen LogP contribution >= 0.6 is 0 Å². The fourth-order valence-corrected chi connectivity index (χ4v) is 3.20. The van der Waals surface area contributed by atoms with Crippen molar-refractivity contribution in [3.8, 4) is 0 Å². The van der Waals surface area contributed by atoms with E-state index in [1.54, 1.807) is 29.3 Å². The molecule has 3 heterocycles. The van der Waals surface area contributed by atoms with Gasteiger partial charge in [-0.1, -0.05) is 0 Å². The molecule has 2 aliphatic rings. The number of piperidine rings is 1. The van der Waals surface area contributed by atoms with Crippen molar-refractivity contribution in [1.29, 1.82) is 0 Å². The molecule has 19 heavy (non-hydrogen) atoms. The van der Waals surface area contributed by atoms with Crippen molar-refractivity contribution in [1.82, 2.24) is 25.0 Å². The molecular weight excluding hydrogens is 242 g/mol. The molecule has 1 aliphatic heterocycles. The van der Waals surface area contributed by atoms with Crippen molar-refractivity contribution >= 4 is 11.4 Å². The Morgan fingerprint density at radius 3 is 3.16 bits per heavy atom. The number of nitrogens with zero attached hydrogens (tertiary/aromatic N) is 3. The standard InChI is InChI=1S/C13H15N5O/c19-13(17-11-2-8-1-10(11)15-4-8)12-3-9-5-14-6-18(9)7-16-12/h3,5-8,10-11,15H,1-2,4H2,(H,17,19)/t8-,10+,11-/m0/s1. The fraction of sp³-hybridized carbons (Fsp3) is 0.462. The summed E-state index contributed by atoms with van der Waals surface area (Å²) in [7, 11) is 0. The van der Waals surface area contributed by atoms with Crippen LogP contribution in [-0.4, -0.2) is 38.9 Å². The van der Waals surface area contributed by atoms with Gasteiger partial charge in [0.25, 0.3) is 5.91 Å². The summed E-state index contributed by atoms with van der Waals surface area (Å²) in [6.07, 6.45) is 7.27. The van der Waals surface area contributed by atoms with Crippen LogP contribution in [0.5, 0.6) is 0 Å². The molecule has 0 unspecified atom stereocenters. The zero-order valence-corrected chi connectivity index (χ0v) is 10.4. The molecule has 2 bridgehead atoms. The molecule has 3 atom stereocenters. The average molecular weight is 257 g/mol. The molecule has 0 radical (unpaired) electrons. The quantitative estimate of drug-likeness (QED) is 0.807. The molecule has 98 valence electrons. The first-order chi connectivity index (χ1) is 9.29. The maximum atomic E-state index is 12.2. The van der Waals surface area contributed by atoms with Gasteiger partial charge in [0.2, 0.25) is 0 Å². The van der Waals surface area contributed by atoms with Gasteiger partial charge in [0.1, 0.15) is 18.3 Å². The molecule has 4 rings (SSSR count). The van der Waals surface area contributed by atoms with E-state index >= 15 is 0 Å². The van der Waals surface area contributed by atoms with Crippen LogP contribution in [0, 0.1) is 5.92 Å². The third-order valence-corrected chi connectivity index (χ3v) is 4.18. The Morgan fingerprint density at radius 1 is 1.42 bits per heavy atom. The van der Waals surface area contributed by atoms with Crippen LogP contribution in [0.2, 0.25) is 0 Å². The average Bonchev–Trinajstić information content (AvgIpc) is 3.13. The highest BCUT2D eigenvalue weighted by Crippen LogP contribution is 2.31. The molecule has 2 aromatic rings. The fourth-order valence-electron chi connectivity index (χ4n) is 3.20. The van der Waals surface area contributed by atoms with Gasteiger partial charge in [-0.25, -0.2) is 9.97 Å². The number of rotatable bonds is 2. The van der Waals surface area contributed by atoms with E-state index in [2.05, 4.69) is 20.6 Å². The summed E-state index contributed by atoms with van der Waals surface area (Å²) < 4.78 is 1.79. The molecule has 2 aromatic heterocycles. The Kier molecular flexibility index (Phi) is 2.32. The number of carbonyl (C=O) groups excluding carboxylic acids is 1. The third-order valence-electron chi connectivity index (χ3n) is 4.18. The first-order valence-corrected chi connectivity index (χ1v) is 6.61. The molecule has 1 saturated carbocycles. The van der Waals surface area contributed by atoms with E-state index in [0.717, 1.165) is 24.4 Å². The zero-order valence-electron chi connectivity index (χ0n) is 10.4. The Labute approximate surface area is 110 Å². The minimum absolute atomic E-state index is 0.0944. The van der Waals surface area contributed by atoms with Gasteiger partial charge in [-0.15, -0.1) is 0 Å². The third kappa shape index (κ3) is 1.79. The normalized spacial score (nSPS) is 28.9. The van der Waals surface area contributed by atoms with Gasteiger partial charge in [-0.05, 0) is 31.4 Å². The highest BCUT2D eigenvalue weighted by molar-refractivity contribution is 5.93. The predicted octanol–water partition coefficient (Wildman–Crippen LogP) is 0.209. The maximum Gasteiger partial charge on any atom is 0.270 e. The number of nitrogens with one attached hydrogen (secondary N) is 2. The van der Waals surface area contributed by atoms with Crippen LogP contribution in [0.3, 0.4) is 0 Å². The van der Waals surface area contributed by atoms with E-state index in [1.165, 1.54) is 6.42 Å². The smallest absolute Gasteiger partial charge is 0.270 e. The van der Waals surface area contributed by atoms with Crippen LogP contribution in [0.1, 0.15) is 23.3 Å². The topological polar surface area (TPSA) is 71.3 Å². The van der Waals surface area contributed by atoms with Gasteiger partial charge < -0.3 is 10.6 Å². The van der Waals surface area contributed by atoms with Crippen LogP contribution in [0.25, 0.3) is 5.52 Å². The number of aromatic nitrogens is 3. The summed E-state index contributed by atoms with van der Waals surface area (Å²) in [6, 6.07) is 2.45. The highest BCUT2D eigenvalue weighted by Gasteiger charge is 2.40. The first kappa shape index (κ1) is 10.9. The lowest BCUT2D eigenvalue weighted by molar-refractivity contribution is 0.0923. The number of hydrogen-bond acceptors (Lipinski definition) is 4. The summed E-state index contributed by atoms with van der Waals surface area (Å²) >= 11 is 0. The molecule has 1 saturated heterocycles. The van der Waals surface area contributed by atoms with Gasteiger partial charge in [0.05, 0.1) is 11.7 Å². The van der Waals surface area contributed by atoms with Crippen molar-refractivity contribution < 1.29 is 4.79 Å². The minimum atomic E-state index is -0.0944. The van der Waals surface area contributed by atoms with Gasteiger partial charge in [0.15, 0.2) is 0 Å². The molecule has 6 heteroatoms. The second-order valence-corrected chi connectivity index (χ2v) is 5.43. The summed E-state index contributed by atoms with van der Waals surface area (Å²) in [5.41, 5.74) is 1.34. The molecule has 2 fully saturated rings. The predicted molar refractivity (Wildman–Crippen MR) is 68.8 cm³/mol. The van der Waals surface area contributed by atoms with Crippen molar-refractivity contribution in [3.05, 3.63) is 30.6 Å². The van der Waals surface area contributed by atoms with Crippen LogP contribution < -0.4 is 10.6 Å². The molecule has 6 nitrogen and oxygen atoms in total. The van der Waals surface area contributed by atoms with Gasteiger partial charge in [-0.2, -0.15) is 0 Å². The number of amides is 1. The van der Waals surface area contributed by atoms with E-state index in [1.807, 2.05) is 0 Å². The molecule has 0 aromatic carbocycles. The summed E-state index contributed by atoms with van der Waals surface area (Å²) in [4.78, 5) is 20.4. The SMILES string of the molecule is O=C(N[C@H]1C[C@H]2CN[C@@H]1C2)c1cc2cncn2cn1. The summed E-state index contributed by atoms with van der Waals surface area (Å²) in [5.74, 6) is 0.628. The van der Waals surface area contributed by atoms with Crippen molar-refractivity contribution in [3.63, 3.8) is 0 Å². The van der Waals surface area contributed by atoms with Gasteiger partial charge >= 0.3 is 0 Å². The van der Waals surface area contributed by atoms with Crippen LogP contribution in [0.15, 0.2) is 24.9 Å². The molecule has 2 N–H and O–H groups in total. The molecule has 1 aliphatic carbocycles. The molecule has 0 spiro atoms. The highest BCUT2D eigenvalue weighted by atomic mass is 16.2. The largest absolute Gasteiger partial charge is 0.346 e. The minimum Gasteiger partial charge on any atom is -0.346 e. The number of fused-ring (bicyclic) bond motifs is 3. The second-order valence-electron chi connectivity index (χ2n) is 5.43. The summed E-state index contributed by atoms with van der Waals surface area (Å²) in [5, 5.41) is 6.53. The van der Waals surface area contributed by atoms with Gasteiger partial charge in [-0.3, -0.25) is 9.20 Å². The molecule has 1 amide bonds. The lowest BCUT2D eigenvalue weighted by Crippen LogP contribution is -2.48. The Morgan fingerprint density at radius 2 is 2.37 bits per heavy atom. The monoisotopic (exact) mass is 257 g/mol. The number of hydrogen-bond donors (Lipinski definition) is 2. The Bertz CT molecular complexity index is 637. The van der Waals surface area contributed by atoms with Crippen LogP contribution in [-0.2, 0) is 0 Å². The molecular formula is C13H15N5O. The maximum absolute atomic E-state index is 12.2. The lowest BCUT2D eigenvalue weighted by atomic mass is 10.1. The van der Waals surface area contributed by atoms with E-state index < -0.39 is 0 Å². The summed E-state index contributed by atoms with van der Waals surface area (Å²) in [6.45, 7) is 1.09. The van der Waals surface area contributed by atoms with Crippen LogP contribution in [0.4, 0.5) is 0 Å². The number of imidazole rings is 1. The first-order valence-electron chi connectivity index (χ1n) is 6.61. The number of carbonyl (C=O) groups is 1. The Balaban J connectivity index is 1.53. The Hall–Kier alpha value is -1.95. The van der Waals surface area contributed by atoms with Crippen molar-refractivity contribution in [2.75, 3.05) is 6.54 Å². The lowest BCUT2D eigenvalue weighted by Gasteiger charge is -2.23. The van der Waals surface area contributed by atoms with E-state index in [-0.39, 0.29) is 11.9 Å². The van der Waals surface area contributed by atoms with E-state index in [9.17, 15) is 4.79 Å². The zero-order chi connectivity index (χ0) is 12.8. The van der Waals surface area contributed by atoms with Crippen molar-refractivity contribution in [2.45, 2.75) is 24.9 Å². The van der Waals surface area contributed by atoms with E-state index in [0.29, 0.717) is 11.7 Å². The van der Waals surface area contributed by atoms with Gasteiger partial charge in [0, 0.05) is 12.1 Å². The van der Waals surface area contributed by atoms with E-state index in [4.69, 9.17) is 0 Å². The second kappa shape index (κ2) is 4.03. The van der Waals surface area contributed by atoms with Crippen molar-refractivity contribution in [2.24, 2.45) is 5.92 Å².